The van der Waals surface area contributed by atoms with Crippen LogP contribution in [0.4, 0.5) is 0 Å². The minimum Gasteiger partial charge on any atom is -0.383 e. The maximum absolute atomic E-state index is 11.8. The Kier molecular flexibility index (Phi) is 4.68. The van der Waals surface area contributed by atoms with Crippen molar-refractivity contribution in [2.24, 2.45) is 0 Å². The van der Waals surface area contributed by atoms with Crippen LogP contribution in [0.15, 0.2) is 47.8 Å². The van der Waals surface area contributed by atoms with Crippen molar-refractivity contribution in [3.63, 3.8) is 0 Å². The lowest BCUT2D eigenvalue weighted by atomic mass is 10.1. The molecule has 0 saturated heterocycles. The highest BCUT2D eigenvalue weighted by molar-refractivity contribution is 7.09. The van der Waals surface area contributed by atoms with E-state index in [4.69, 9.17) is 0 Å². The van der Waals surface area contributed by atoms with Crippen LogP contribution < -0.4 is 0 Å². The molecule has 1 unspecified atom stereocenters. The lowest BCUT2D eigenvalue weighted by Crippen LogP contribution is -2.37. The maximum Gasteiger partial charge on any atom is 0.275 e. The molecule has 1 atom stereocenters. The molecule has 2 rings (SSSR count). The molecule has 0 aliphatic heterocycles. The number of carbonyl (C=O) groups excluding carboxylic acids is 1. The number of aliphatic hydroxyl groups is 1. The highest BCUT2D eigenvalue weighted by Gasteiger charge is 2.21. The summed E-state index contributed by atoms with van der Waals surface area (Å²) in [6.45, 7) is 0.0996. The minimum absolute atomic E-state index is 0.0996. The summed E-state index contributed by atoms with van der Waals surface area (Å²) in [7, 11) is 0. The zero-order valence-electron chi connectivity index (χ0n) is 10.3. The van der Waals surface area contributed by atoms with Crippen LogP contribution in [-0.4, -0.2) is 27.4 Å². The standard InChI is InChI=1S/C14H15NO3S/c16-13(9-11-5-2-1-3-6-11)14(17)15(18)10-12-7-4-8-19-12/h1-8,13,16,18H,9-10H2. The average molecular weight is 277 g/mol. The van der Waals surface area contributed by atoms with Crippen LogP contribution in [0.2, 0.25) is 0 Å². The number of hydrogen-bond donors (Lipinski definition) is 2. The van der Waals surface area contributed by atoms with Crippen LogP contribution in [0.25, 0.3) is 0 Å². The summed E-state index contributed by atoms with van der Waals surface area (Å²) in [5, 5.41) is 21.9. The minimum atomic E-state index is -1.23. The Bertz CT molecular complexity index is 513. The molecule has 2 aromatic rings. The number of hydrogen-bond acceptors (Lipinski definition) is 4. The van der Waals surface area contributed by atoms with Crippen molar-refractivity contribution in [1.82, 2.24) is 5.06 Å². The third-order valence-corrected chi connectivity index (χ3v) is 3.56. The largest absolute Gasteiger partial charge is 0.383 e. The summed E-state index contributed by atoms with van der Waals surface area (Å²) < 4.78 is 0. The van der Waals surface area contributed by atoms with Gasteiger partial charge in [-0.05, 0) is 17.0 Å². The van der Waals surface area contributed by atoms with E-state index in [1.54, 1.807) is 0 Å². The second-order valence-electron chi connectivity index (χ2n) is 4.18. The molecule has 0 fully saturated rings. The summed E-state index contributed by atoms with van der Waals surface area (Å²) in [5.41, 5.74) is 0.855. The van der Waals surface area contributed by atoms with Gasteiger partial charge in [0.05, 0.1) is 6.54 Å². The van der Waals surface area contributed by atoms with E-state index in [0.29, 0.717) is 5.06 Å². The molecular formula is C14H15NO3S. The number of thiophene rings is 1. The fourth-order valence-electron chi connectivity index (χ4n) is 1.72. The fraction of sp³-hybridized carbons (Fsp3) is 0.214. The molecule has 1 amide bonds. The highest BCUT2D eigenvalue weighted by atomic mass is 32.1. The Balaban J connectivity index is 1.91. The van der Waals surface area contributed by atoms with E-state index < -0.39 is 12.0 Å². The van der Waals surface area contributed by atoms with Gasteiger partial charge in [-0.1, -0.05) is 36.4 Å². The van der Waals surface area contributed by atoms with Gasteiger partial charge in [0.15, 0.2) is 0 Å². The van der Waals surface area contributed by atoms with E-state index in [9.17, 15) is 15.1 Å². The van der Waals surface area contributed by atoms with Crippen molar-refractivity contribution in [3.05, 3.63) is 58.3 Å². The van der Waals surface area contributed by atoms with Crippen molar-refractivity contribution in [1.29, 1.82) is 0 Å². The summed E-state index contributed by atoms with van der Waals surface area (Å²) in [6.07, 6.45) is -1.03. The molecule has 1 aromatic carbocycles. The number of nitrogens with zero attached hydrogens (tertiary/aromatic N) is 1. The van der Waals surface area contributed by atoms with Crippen LogP contribution in [0.1, 0.15) is 10.4 Å². The van der Waals surface area contributed by atoms with Gasteiger partial charge in [-0.25, -0.2) is 5.06 Å². The lowest BCUT2D eigenvalue weighted by Gasteiger charge is -2.18. The molecule has 0 aliphatic carbocycles. The van der Waals surface area contributed by atoms with E-state index >= 15 is 0 Å². The molecule has 2 N–H and O–H groups in total. The van der Waals surface area contributed by atoms with Crippen molar-refractivity contribution in [3.8, 4) is 0 Å². The predicted octanol–water partition coefficient (Wildman–Crippen LogP) is 2.07. The summed E-state index contributed by atoms with van der Waals surface area (Å²) >= 11 is 1.45. The number of carbonyl (C=O) groups is 1. The number of amides is 1. The number of hydroxylamine groups is 2. The van der Waals surface area contributed by atoms with Gasteiger partial charge in [-0.15, -0.1) is 11.3 Å². The van der Waals surface area contributed by atoms with Gasteiger partial charge in [0.1, 0.15) is 6.10 Å². The molecule has 0 radical (unpaired) electrons. The maximum atomic E-state index is 11.8. The third kappa shape index (κ3) is 3.89. The Morgan fingerprint density at radius 2 is 1.95 bits per heavy atom. The van der Waals surface area contributed by atoms with Gasteiger partial charge in [0.25, 0.3) is 5.91 Å². The summed E-state index contributed by atoms with van der Waals surface area (Å²) in [4.78, 5) is 12.7. The van der Waals surface area contributed by atoms with Crippen molar-refractivity contribution < 1.29 is 15.1 Å². The summed E-state index contributed by atoms with van der Waals surface area (Å²) in [6, 6.07) is 12.9. The van der Waals surface area contributed by atoms with Crippen molar-refractivity contribution >= 4 is 17.2 Å². The van der Waals surface area contributed by atoms with Crippen LogP contribution in [-0.2, 0) is 17.8 Å². The first kappa shape index (κ1) is 13.7. The molecule has 100 valence electrons. The smallest absolute Gasteiger partial charge is 0.275 e. The molecule has 0 spiro atoms. The third-order valence-electron chi connectivity index (χ3n) is 2.70. The van der Waals surface area contributed by atoms with E-state index in [2.05, 4.69) is 0 Å². The molecule has 1 aromatic heterocycles. The number of benzene rings is 1. The Labute approximate surface area is 115 Å². The normalized spacial score (nSPS) is 12.1. The van der Waals surface area contributed by atoms with Crippen LogP contribution in [0.5, 0.6) is 0 Å². The van der Waals surface area contributed by atoms with Crippen LogP contribution in [0.3, 0.4) is 0 Å². The average Bonchev–Trinajstić information content (AvgIpc) is 2.91. The first-order valence-electron chi connectivity index (χ1n) is 5.91. The lowest BCUT2D eigenvalue weighted by molar-refractivity contribution is -0.177. The molecule has 5 heteroatoms. The molecule has 0 aliphatic rings. The van der Waals surface area contributed by atoms with E-state index in [0.717, 1.165) is 10.4 Å². The van der Waals surface area contributed by atoms with Gasteiger partial charge in [0.2, 0.25) is 0 Å². The zero-order chi connectivity index (χ0) is 13.7. The fourth-order valence-corrected chi connectivity index (χ4v) is 2.41. The number of rotatable bonds is 5. The second-order valence-corrected chi connectivity index (χ2v) is 5.21. The highest BCUT2D eigenvalue weighted by Crippen LogP contribution is 2.12. The van der Waals surface area contributed by atoms with Gasteiger partial charge < -0.3 is 5.11 Å². The Morgan fingerprint density at radius 1 is 1.21 bits per heavy atom. The van der Waals surface area contributed by atoms with Crippen molar-refractivity contribution in [2.45, 2.75) is 19.1 Å². The van der Waals surface area contributed by atoms with E-state index in [1.165, 1.54) is 11.3 Å². The van der Waals surface area contributed by atoms with Crippen molar-refractivity contribution in [2.75, 3.05) is 0 Å². The zero-order valence-corrected chi connectivity index (χ0v) is 11.1. The quantitative estimate of drug-likeness (QED) is 0.649. The van der Waals surface area contributed by atoms with Gasteiger partial charge in [-0.2, -0.15) is 0 Å². The number of aliphatic hydroxyl groups excluding tert-OH is 1. The second kappa shape index (κ2) is 6.47. The topological polar surface area (TPSA) is 60.8 Å². The molecule has 0 saturated carbocycles. The Hall–Kier alpha value is -1.69. The molecule has 4 nitrogen and oxygen atoms in total. The monoisotopic (exact) mass is 277 g/mol. The molecular weight excluding hydrogens is 262 g/mol. The molecule has 0 bridgehead atoms. The Morgan fingerprint density at radius 3 is 2.58 bits per heavy atom. The molecule has 1 heterocycles. The van der Waals surface area contributed by atoms with E-state index in [-0.39, 0.29) is 13.0 Å². The summed E-state index contributed by atoms with van der Waals surface area (Å²) in [5.74, 6) is -0.683. The van der Waals surface area contributed by atoms with Gasteiger partial charge in [0, 0.05) is 11.3 Å². The van der Waals surface area contributed by atoms with E-state index in [1.807, 2.05) is 47.8 Å². The SMILES string of the molecule is O=C(C(O)Cc1ccccc1)N(O)Cc1cccs1. The first-order chi connectivity index (χ1) is 9.16. The van der Waals surface area contributed by atoms with Gasteiger partial charge in [-0.3, -0.25) is 10.0 Å². The van der Waals surface area contributed by atoms with Crippen LogP contribution in [0, 0.1) is 0 Å². The van der Waals surface area contributed by atoms with Crippen LogP contribution >= 0.6 is 11.3 Å². The first-order valence-corrected chi connectivity index (χ1v) is 6.79. The predicted molar refractivity (Wildman–Crippen MR) is 72.8 cm³/mol. The van der Waals surface area contributed by atoms with Gasteiger partial charge >= 0.3 is 0 Å². The molecule has 19 heavy (non-hydrogen) atoms.